The number of benzene rings is 3. The SMILES string of the molecule is c1ccc([P](c2ccccc2)(c2ccccc2)C2CCC2)cc1. The van der Waals surface area contributed by atoms with Crippen LogP contribution >= 0.6 is 7.26 Å². The van der Waals surface area contributed by atoms with Gasteiger partial charge >= 0.3 is 0 Å². The first kappa shape index (κ1) is 14.7. The Hall–Kier alpha value is -1.91. The molecule has 0 unspecified atom stereocenters. The molecule has 1 radical (unpaired) electrons. The fourth-order valence-electron chi connectivity index (χ4n) is 3.84. The lowest BCUT2D eigenvalue weighted by molar-refractivity contribution is 0.515. The van der Waals surface area contributed by atoms with Crippen molar-refractivity contribution < 1.29 is 0 Å². The van der Waals surface area contributed by atoms with Crippen LogP contribution in [0.4, 0.5) is 0 Å². The standard InChI is InChI=1S/C22H22P/c1-4-11-19(12-5-1)23(22-17-10-18-22,20-13-6-2-7-14-20)21-15-8-3-9-16-21/h1-9,11-16,22H,10,17-18H2. The second-order valence-electron chi connectivity index (χ2n) is 6.31. The molecule has 1 fully saturated rings. The average Bonchev–Trinajstić information content (AvgIpc) is 2.60. The Labute approximate surface area is 139 Å². The van der Waals surface area contributed by atoms with Gasteiger partial charge in [-0.3, -0.25) is 0 Å². The maximum Gasteiger partial charge on any atom is -0.0130 e. The molecule has 0 aliphatic heterocycles. The van der Waals surface area contributed by atoms with Gasteiger partial charge in [-0.05, 0) is 41.7 Å². The predicted octanol–water partition coefficient (Wildman–Crippen LogP) is 4.53. The maximum absolute atomic E-state index is 2.35. The van der Waals surface area contributed by atoms with Crippen LogP contribution in [-0.4, -0.2) is 5.66 Å². The van der Waals surface area contributed by atoms with E-state index in [2.05, 4.69) is 91.0 Å². The molecule has 0 atom stereocenters. The predicted molar refractivity (Wildman–Crippen MR) is 103 cm³/mol. The molecular weight excluding hydrogens is 295 g/mol. The van der Waals surface area contributed by atoms with Crippen LogP contribution < -0.4 is 15.9 Å². The van der Waals surface area contributed by atoms with Crippen LogP contribution in [0.5, 0.6) is 0 Å². The van der Waals surface area contributed by atoms with Crippen molar-refractivity contribution in [1.82, 2.24) is 0 Å². The molecule has 0 bridgehead atoms. The maximum atomic E-state index is 2.35. The van der Waals surface area contributed by atoms with E-state index in [9.17, 15) is 0 Å². The van der Waals surface area contributed by atoms with Crippen molar-refractivity contribution in [3.05, 3.63) is 91.0 Å². The molecule has 1 aliphatic rings. The van der Waals surface area contributed by atoms with Gasteiger partial charge in [0.05, 0.1) is 0 Å². The summed E-state index contributed by atoms with van der Waals surface area (Å²) in [5.41, 5.74) is 0.787. The highest BCUT2D eigenvalue weighted by Gasteiger charge is 2.43. The van der Waals surface area contributed by atoms with Crippen LogP contribution in [0.2, 0.25) is 0 Å². The van der Waals surface area contributed by atoms with E-state index in [-0.39, 0.29) is 0 Å². The zero-order chi connectivity index (χ0) is 15.5. The van der Waals surface area contributed by atoms with E-state index in [1.54, 1.807) is 0 Å². The van der Waals surface area contributed by atoms with E-state index >= 15 is 0 Å². The molecule has 0 spiro atoms. The van der Waals surface area contributed by atoms with Crippen molar-refractivity contribution in [2.24, 2.45) is 0 Å². The van der Waals surface area contributed by atoms with Gasteiger partial charge in [-0.25, -0.2) is 0 Å². The van der Waals surface area contributed by atoms with Crippen LogP contribution in [0.3, 0.4) is 0 Å². The summed E-state index contributed by atoms with van der Waals surface area (Å²) in [6.45, 7) is 0. The monoisotopic (exact) mass is 317 g/mol. The van der Waals surface area contributed by atoms with Gasteiger partial charge in [0.2, 0.25) is 0 Å². The van der Waals surface area contributed by atoms with E-state index in [0.29, 0.717) is 0 Å². The van der Waals surface area contributed by atoms with Gasteiger partial charge in [-0.2, -0.15) is 0 Å². The van der Waals surface area contributed by atoms with E-state index in [4.69, 9.17) is 0 Å². The normalized spacial score (nSPS) is 15.1. The van der Waals surface area contributed by atoms with Crippen molar-refractivity contribution in [3.63, 3.8) is 0 Å². The van der Waals surface area contributed by atoms with Crippen molar-refractivity contribution in [3.8, 4) is 0 Å². The fourth-order valence-corrected chi connectivity index (χ4v) is 9.07. The fraction of sp³-hybridized carbons (Fsp3) is 0.182. The Kier molecular flexibility index (Phi) is 4.02. The lowest BCUT2D eigenvalue weighted by atomic mass is 10.00. The third-order valence-corrected chi connectivity index (χ3v) is 10.1. The summed E-state index contributed by atoms with van der Waals surface area (Å²) in [6, 6.07) is 33.7. The highest BCUT2D eigenvalue weighted by atomic mass is 31.2. The minimum absolute atomic E-state index is 0.787. The van der Waals surface area contributed by atoms with Crippen LogP contribution in [0.25, 0.3) is 0 Å². The van der Waals surface area contributed by atoms with Gasteiger partial charge in [-0.15, -0.1) is 0 Å². The van der Waals surface area contributed by atoms with Gasteiger partial charge in [0, 0.05) is 0 Å². The van der Waals surface area contributed by atoms with E-state index in [1.807, 2.05) is 0 Å². The summed E-state index contributed by atoms with van der Waals surface area (Å²) >= 11 is 0. The summed E-state index contributed by atoms with van der Waals surface area (Å²) < 4.78 is 0. The molecule has 115 valence electrons. The van der Waals surface area contributed by atoms with Crippen LogP contribution in [0.15, 0.2) is 91.0 Å². The van der Waals surface area contributed by atoms with Crippen LogP contribution in [-0.2, 0) is 0 Å². The van der Waals surface area contributed by atoms with Gasteiger partial charge in [0.1, 0.15) is 0 Å². The Balaban J connectivity index is 2.02. The van der Waals surface area contributed by atoms with Gasteiger partial charge in [-0.1, -0.05) is 97.4 Å². The Bertz CT molecular complexity index is 649. The van der Waals surface area contributed by atoms with E-state index in [1.165, 1.54) is 35.2 Å². The van der Waals surface area contributed by atoms with Crippen LogP contribution in [0.1, 0.15) is 19.3 Å². The summed E-state index contributed by atoms with van der Waals surface area (Å²) in [5, 5.41) is 4.59. The molecule has 0 saturated heterocycles. The van der Waals surface area contributed by atoms with E-state index < -0.39 is 7.26 Å². The molecular formula is C22H22P. The average molecular weight is 317 g/mol. The third-order valence-electron chi connectivity index (χ3n) is 5.11. The topological polar surface area (TPSA) is 0 Å². The van der Waals surface area contributed by atoms with Crippen LogP contribution in [0, 0.1) is 0 Å². The Morgan fingerprint density at radius 1 is 0.522 bits per heavy atom. The van der Waals surface area contributed by atoms with E-state index in [0.717, 1.165) is 5.66 Å². The molecule has 23 heavy (non-hydrogen) atoms. The van der Waals surface area contributed by atoms with Crippen molar-refractivity contribution in [1.29, 1.82) is 0 Å². The molecule has 4 rings (SSSR count). The zero-order valence-corrected chi connectivity index (χ0v) is 14.2. The lowest BCUT2D eigenvalue weighted by Gasteiger charge is -2.49. The summed E-state index contributed by atoms with van der Waals surface area (Å²) in [4.78, 5) is 0. The minimum Gasteiger partial charge on any atom is -0.0622 e. The molecule has 0 amide bonds. The first-order chi connectivity index (χ1) is 11.4. The third kappa shape index (κ3) is 2.42. The lowest BCUT2D eigenvalue weighted by Crippen LogP contribution is -2.41. The zero-order valence-electron chi connectivity index (χ0n) is 13.3. The number of hydrogen-bond donors (Lipinski definition) is 0. The number of rotatable bonds is 4. The van der Waals surface area contributed by atoms with Gasteiger partial charge in [0.25, 0.3) is 0 Å². The molecule has 1 heteroatoms. The minimum atomic E-state index is -1.56. The largest absolute Gasteiger partial charge is 0.0622 e. The second kappa shape index (κ2) is 6.30. The first-order valence-corrected chi connectivity index (χ1v) is 10.3. The molecule has 1 saturated carbocycles. The molecule has 3 aromatic carbocycles. The Morgan fingerprint density at radius 2 is 0.870 bits per heavy atom. The summed E-state index contributed by atoms with van der Waals surface area (Å²) in [5.74, 6) is 0. The second-order valence-corrected chi connectivity index (χ2v) is 10.0. The van der Waals surface area contributed by atoms with Crippen molar-refractivity contribution >= 4 is 23.2 Å². The molecule has 0 N–H and O–H groups in total. The summed E-state index contributed by atoms with van der Waals surface area (Å²) in [6.07, 6.45) is 4.08. The van der Waals surface area contributed by atoms with Gasteiger partial charge < -0.3 is 0 Å². The molecule has 0 nitrogen and oxygen atoms in total. The summed E-state index contributed by atoms with van der Waals surface area (Å²) in [7, 11) is -1.56. The first-order valence-electron chi connectivity index (χ1n) is 8.48. The molecule has 3 aromatic rings. The molecule has 0 aromatic heterocycles. The Morgan fingerprint density at radius 3 is 1.13 bits per heavy atom. The highest BCUT2D eigenvalue weighted by molar-refractivity contribution is 7.96. The highest BCUT2D eigenvalue weighted by Crippen LogP contribution is 2.65. The smallest absolute Gasteiger partial charge is 0.0130 e. The molecule has 0 heterocycles. The quantitative estimate of drug-likeness (QED) is 0.620. The van der Waals surface area contributed by atoms with Crippen molar-refractivity contribution in [2.45, 2.75) is 24.9 Å². The number of hydrogen-bond acceptors (Lipinski definition) is 0. The van der Waals surface area contributed by atoms with Crippen molar-refractivity contribution in [2.75, 3.05) is 0 Å². The van der Waals surface area contributed by atoms with Gasteiger partial charge in [0.15, 0.2) is 0 Å². The molecule has 1 aliphatic carbocycles.